The molecule has 2 aromatic rings. The molecule has 0 bridgehead atoms. The lowest BCUT2D eigenvalue weighted by molar-refractivity contribution is 0.0686. The number of rotatable bonds is 4. The normalized spacial score (nSPS) is 21.3. The molecule has 0 unspecified atom stereocenters. The predicted octanol–water partition coefficient (Wildman–Crippen LogP) is 1.79. The molecular formula is C16H22N4O3. The third-order valence-corrected chi connectivity index (χ3v) is 4.37. The third-order valence-electron chi connectivity index (χ3n) is 4.37. The molecule has 2 atom stereocenters. The van der Waals surface area contributed by atoms with Gasteiger partial charge in [-0.05, 0) is 12.0 Å². The van der Waals surface area contributed by atoms with Crippen LogP contribution in [0.25, 0.3) is 0 Å². The molecule has 3 rings (SSSR count). The quantitative estimate of drug-likeness (QED) is 0.859. The van der Waals surface area contributed by atoms with Gasteiger partial charge in [-0.2, -0.15) is 0 Å². The third kappa shape index (κ3) is 2.88. The van der Waals surface area contributed by atoms with E-state index in [0.29, 0.717) is 18.8 Å². The minimum atomic E-state index is -0.0906. The van der Waals surface area contributed by atoms with Crippen molar-refractivity contribution in [1.82, 2.24) is 19.9 Å². The van der Waals surface area contributed by atoms with Crippen LogP contribution in [0.4, 0.5) is 0 Å². The van der Waals surface area contributed by atoms with Crippen LogP contribution in [-0.4, -0.2) is 52.1 Å². The Labute approximate surface area is 135 Å². The van der Waals surface area contributed by atoms with Crippen LogP contribution >= 0.6 is 0 Å². The van der Waals surface area contributed by atoms with Crippen molar-refractivity contribution in [2.75, 3.05) is 20.2 Å². The largest absolute Gasteiger partial charge is 0.459 e. The van der Waals surface area contributed by atoms with E-state index < -0.39 is 0 Å². The standard InChI is InChI=1S/C16H22N4O3/c1-10(2)11-5-6-23-15(11)16(21)20-7-12(14(9-20)22-4)13-8-19(3)18-17-13/h5-6,8,10,12,14H,7,9H2,1-4H3/t12-,14+/m0/s1. The van der Waals surface area contributed by atoms with E-state index in [-0.39, 0.29) is 23.8 Å². The van der Waals surface area contributed by atoms with Crippen molar-refractivity contribution < 1.29 is 13.9 Å². The van der Waals surface area contributed by atoms with Crippen molar-refractivity contribution in [2.24, 2.45) is 7.05 Å². The maximum absolute atomic E-state index is 12.8. The maximum Gasteiger partial charge on any atom is 0.289 e. The first-order valence-electron chi connectivity index (χ1n) is 7.77. The van der Waals surface area contributed by atoms with Crippen LogP contribution in [0.15, 0.2) is 22.9 Å². The highest BCUT2D eigenvalue weighted by molar-refractivity contribution is 5.93. The molecule has 7 heteroatoms. The van der Waals surface area contributed by atoms with Crippen LogP contribution in [0.2, 0.25) is 0 Å². The summed E-state index contributed by atoms with van der Waals surface area (Å²) >= 11 is 0. The van der Waals surface area contributed by atoms with Crippen molar-refractivity contribution in [3.63, 3.8) is 0 Å². The van der Waals surface area contributed by atoms with Gasteiger partial charge in [0.1, 0.15) is 0 Å². The summed E-state index contributed by atoms with van der Waals surface area (Å²) in [5, 5.41) is 8.15. The Bertz CT molecular complexity index is 691. The summed E-state index contributed by atoms with van der Waals surface area (Å²) in [6.07, 6.45) is 3.36. The second-order valence-corrected chi connectivity index (χ2v) is 6.27. The Morgan fingerprint density at radius 2 is 2.22 bits per heavy atom. The molecule has 1 aliphatic rings. The van der Waals surface area contributed by atoms with Gasteiger partial charge in [-0.25, -0.2) is 0 Å². The molecule has 0 radical (unpaired) electrons. The van der Waals surface area contributed by atoms with Crippen LogP contribution in [0.5, 0.6) is 0 Å². The number of hydrogen-bond donors (Lipinski definition) is 0. The zero-order valence-corrected chi connectivity index (χ0v) is 13.9. The molecule has 2 aromatic heterocycles. The fourth-order valence-electron chi connectivity index (χ4n) is 3.09. The maximum atomic E-state index is 12.8. The number of methoxy groups -OCH3 is 1. The lowest BCUT2D eigenvalue weighted by Crippen LogP contribution is -2.30. The van der Waals surface area contributed by atoms with Gasteiger partial charge in [0.25, 0.3) is 5.91 Å². The molecule has 23 heavy (non-hydrogen) atoms. The van der Waals surface area contributed by atoms with E-state index in [2.05, 4.69) is 10.3 Å². The highest BCUT2D eigenvalue weighted by Crippen LogP contribution is 2.30. The molecule has 0 N–H and O–H groups in total. The van der Waals surface area contributed by atoms with Gasteiger partial charge in [-0.15, -0.1) is 5.10 Å². The molecule has 1 saturated heterocycles. The predicted molar refractivity (Wildman–Crippen MR) is 83.2 cm³/mol. The number of aromatic nitrogens is 3. The fourth-order valence-corrected chi connectivity index (χ4v) is 3.09. The summed E-state index contributed by atoms with van der Waals surface area (Å²) in [5.41, 5.74) is 1.78. The highest BCUT2D eigenvalue weighted by Gasteiger charge is 2.39. The minimum Gasteiger partial charge on any atom is -0.459 e. The summed E-state index contributed by atoms with van der Waals surface area (Å²) in [7, 11) is 3.49. The minimum absolute atomic E-state index is 0.0233. The monoisotopic (exact) mass is 318 g/mol. The number of likely N-dealkylation sites (tertiary alicyclic amines) is 1. The summed E-state index contributed by atoms with van der Waals surface area (Å²) in [5.74, 6) is 0.598. The number of carbonyl (C=O) groups is 1. The molecule has 7 nitrogen and oxygen atoms in total. The Kier molecular flexibility index (Phi) is 4.21. The van der Waals surface area contributed by atoms with Gasteiger partial charge in [-0.1, -0.05) is 19.1 Å². The van der Waals surface area contributed by atoms with Crippen LogP contribution in [-0.2, 0) is 11.8 Å². The highest BCUT2D eigenvalue weighted by atomic mass is 16.5. The van der Waals surface area contributed by atoms with Crippen molar-refractivity contribution in [2.45, 2.75) is 31.8 Å². The number of amides is 1. The Hall–Kier alpha value is -2.15. The van der Waals surface area contributed by atoms with Gasteiger partial charge in [0.15, 0.2) is 5.76 Å². The van der Waals surface area contributed by atoms with E-state index in [0.717, 1.165) is 11.3 Å². The topological polar surface area (TPSA) is 73.4 Å². The average Bonchev–Trinajstić information content (AvgIpc) is 3.24. The smallest absolute Gasteiger partial charge is 0.289 e. The summed E-state index contributed by atoms with van der Waals surface area (Å²) in [6, 6.07) is 1.86. The molecule has 0 saturated carbocycles. The molecular weight excluding hydrogens is 296 g/mol. The van der Waals surface area contributed by atoms with E-state index in [1.165, 1.54) is 0 Å². The Morgan fingerprint density at radius 3 is 2.83 bits per heavy atom. The number of carbonyl (C=O) groups excluding carboxylic acids is 1. The first-order valence-corrected chi connectivity index (χ1v) is 7.77. The molecule has 1 fully saturated rings. The Morgan fingerprint density at radius 1 is 1.43 bits per heavy atom. The van der Waals surface area contributed by atoms with Crippen molar-refractivity contribution >= 4 is 5.91 Å². The fraction of sp³-hybridized carbons (Fsp3) is 0.562. The Balaban J connectivity index is 1.81. The van der Waals surface area contributed by atoms with Crippen LogP contribution in [0, 0.1) is 0 Å². The first-order chi connectivity index (χ1) is 11.0. The van der Waals surface area contributed by atoms with Gasteiger partial charge in [0.2, 0.25) is 0 Å². The van der Waals surface area contributed by atoms with Crippen LogP contribution < -0.4 is 0 Å². The van der Waals surface area contributed by atoms with E-state index in [9.17, 15) is 4.79 Å². The van der Waals surface area contributed by atoms with Crippen LogP contribution in [0.1, 0.15) is 47.5 Å². The van der Waals surface area contributed by atoms with Crippen molar-refractivity contribution in [3.8, 4) is 0 Å². The number of hydrogen-bond acceptors (Lipinski definition) is 5. The van der Waals surface area contributed by atoms with Crippen LogP contribution in [0.3, 0.4) is 0 Å². The lowest BCUT2D eigenvalue weighted by Gasteiger charge is -2.16. The number of aryl methyl sites for hydroxylation is 1. The summed E-state index contributed by atoms with van der Waals surface area (Å²) in [6.45, 7) is 5.17. The average molecular weight is 318 g/mol. The number of nitrogens with zero attached hydrogens (tertiary/aromatic N) is 4. The van der Waals surface area contributed by atoms with Gasteiger partial charge in [0, 0.05) is 39.0 Å². The first kappa shape index (κ1) is 15.7. The SMILES string of the molecule is CO[C@@H]1CN(C(=O)c2occc2C(C)C)C[C@H]1c1cn(C)nn1. The second kappa shape index (κ2) is 6.16. The molecule has 1 amide bonds. The van der Waals surface area contributed by atoms with Gasteiger partial charge < -0.3 is 14.1 Å². The van der Waals surface area contributed by atoms with Gasteiger partial charge in [0.05, 0.1) is 24.0 Å². The molecule has 0 spiro atoms. The molecule has 0 aromatic carbocycles. The van der Waals surface area contributed by atoms with E-state index in [4.69, 9.17) is 9.15 Å². The van der Waals surface area contributed by atoms with Gasteiger partial charge >= 0.3 is 0 Å². The number of ether oxygens (including phenoxy) is 1. The molecule has 0 aliphatic carbocycles. The van der Waals surface area contributed by atoms with E-state index in [1.807, 2.05) is 33.2 Å². The lowest BCUT2D eigenvalue weighted by atomic mass is 10.0. The molecule has 3 heterocycles. The molecule has 1 aliphatic heterocycles. The zero-order chi connectivity index (χ0) is 16.6. The van der Waals surface area contributed by atoms with Crippen molar-refractivity contribution in [3.05, 3.63) is 35.5 Å². The van der Waals surface area contributed by atoms with Gasteiger partial charge in [-0.3, -0.25) is 9.48 Å². The summed E-state index contributed by atoms with van der Waals surface area (Å²) in [4.78, 5) is 14.6. The zero-order valence-electron chi connectivity index (χ0n) is 13.9. The second-order valence-electron chi connectivity index (χ2n) is 6.27. The van der Waals surface area contributed by atoms with Crippen molar-refractivity contribution in [1.29, 1.82) is 0 Å². The van der Waals surface area contributed by atoms with E-state index >= 15 is 0 Å². The molecule has 124 valence electrons. The number of furan rings is 1. The summed E-state index contributed by atoms with van der Waals surface area (Å²) < 4.78 is 12.7. The van der Waals surface area contributed by atoms with E-state index in [1.54, 1.807) is 23.0 Å².